The molecule has 1 fully saturated rings. The molecule has 1 saturated heterocycles. The summed E-state index contributed by atoms with van der Waals surface area (Å²) in [7, 11) is 1.88. The van der Waals surface area contributed by atoms with Crippen LogP contribution in [0, 0.1) is 11.8 Å². The van der Waals surface area contributed by atoms with Crippen LogP contribution >= 0.6 is 24.8 Å². The molecule has 1 amide bonds. The highest BCUT2D eigenvalue weighted by Crippen LogP contribution is 2.10. The second-order valence-electron chi connectivity index (χ2n) is 5.67. The van der Waals surface area contributed by atoms with Gasteiger partial charge in [-0.25, -0.2) is 0 Å². The molecule has 2 N–H and O–H groups in total. The van der Waals surface area contributed by atoms with Gasteiger partial charge in [-0.15, -0.1) is 24.8 Å². The Balaban J connectivity index is 0. The first-order valence-electron chi connectivity index (χ1n) is 7.28. The third-order valence-electron chi connectivity index (χ3n) is 3.60. The van der Waals surface area contributed by atoms with Crippen LogP contribution in [0.15, 0.2) is 0 Å². The summed E-state index contributed by atoms with van der Waals surface area (Å²) >= 11 is 0. The lowest BCUT2D eigenvalue weighted by atomic mass is 10.1. The van der Waals surface area contributed by atoms with Gasteiger partial charge in [0, 0.05) is 25.6 Å². The van der Waals surface area contributed by atoms with E-state index in [2.05, 4.69) is 22.5 Å². The number of carbonyl (C=O) groups is 1. The number of amides is 1. The van der Waals surface area contributed by atoms with Crippen LogP contribution in [0.2, 0.25) is 0 Å². The first kappa shape index (κ1) is 22.3. The number of nitrogens with one attached hydrogen (secondary N) is 2. The molecule has 2 unspecified atom stereocenters. The monoisotopic (exact) mass is 327 g/mol. The fraction of sp³-hybridized carbons (Fsp3) is 0.929. The average molecular weight is 328 g/mol. The SMILES string of the molecule is CNCC(C)C(=O)NCC(C)CN1CCCCC1.Cl.Cl. The number of hydrogen-bond acceptors (Lipinski definition) is 3. The van der Waals surface area contributed by atoms with Gasteiger partial charge in [-0.05, 0) is 38.9 Å². The Morgan fingerprint density at radius 1 is 1.10 bits per heavy atom. The van der Waals surface area contributed by atoms with E-state index in [0.717, 1.165) is 19.6 Å². The molecule has 0 aromatic heterocycles. The number of piperidine rings is 1. The van der Waals surface area contributed by atoms with Gasteiger partial charge in [-0.3, -0.25) is 4.79 Å². The summed E-state index contributed by atoms with van der Waals surface area (Å²) in [5, 5.41) is 6.08. The molecule has 1 rings (SSSR count). The van der Waals surface area contributed by atoms with E-state index in [4.69, 9.17) is 0 Å². The summed E-state index contributed by atoms with van der Waals surface area (Å²) in [5.41, 5.74) is 0. The number of carbonyl (C=O) groups excluding carboxylic acids is 1. The van der Waals surface area contributed by atoms with Crippen LogP contribution in [0.4, 0.5) is 0 Å². The van der Waals surface area contributed by atoms with Crippen LogP contribution < -0.4 is 10.6 Å². The average Bonchev–Trinajstić information content (AvgIpc) is 2.37. The smallest absolute Gasteiger partial charge is 0.224 e. The van der Waals surface area contributed by atoms with Gasteiger partial charge in [-0.2, -0.15) is 0 Å². The first-order valence-corrected chi connectivity index (χ1v) is 7.28. The second kappa shape index (κ2) is 12.7. The lowest BCUT2D eigenvalue weighted by Crippen LogP contribution is -2.40. The molecule has 2 atom stereocenters. The highest BCUT2D eigenvalue weighted by atomic mass is 35.5. The quantitative estimate of drug-likeness (QED) is 0.750. The number of halogens is 2. The second-order valence-corrected chi connectivity index (χ2v) is 5.67. The summed E-state index contributed by atoms with van der Waals surface area (Å²) in [6.07, 6.45) is 4.04. The van der Waals surface area contributed by atoms with Crippen LogP contribution in [0.5, 0.6) is 0 Å². The summed E-state index contributed by atoms with van der Waals surface area (Å²) in [6.45, 7) is 9.29. The van der Waals surface area contributed by atoms with Crippen LogP contribution in [0.25, 0.3) is 0 Å². The minimum Gasteiger partial charge on any atom is -0.356 e. The fourth-order valence-corrected chi connectivity index (χ4v) is 2.50. The topological polar surface area (TPSA) is 44.4 Å². The third kappa shape index (κ3) is 9.01. The molecule has 0 saturated carbocycles. The van der Waals surface area contributed by atoms with Crippen molar-refractivity contribution in [2.75, 3.05) is 39.8 Å². The van der Waals surface area contributed by atoms with E-state index >= 15 is 0 Å². The Morgan fingerprint density at radius 3 is 2.25 bits per heavy atom. The van der Waals surface area contributed by atoms with Crippen molar-refractivity contribution in [3.8, 4) is 0 Å². The zero-order chi connectivity index (χ0) is 13.4. The molecule has 1 heterocycles. The number of likely N-dealkylation sites (tertiary alicyclic amines) is 1. The molecule has 1 aliphatic heterocycles. The van der Waals surface area contributed by atoms with E-state index < -0.39 is 0 Å². The van der Waals surface area contributed by atoms with Crippen molar-refractivity contribution < 1.29 is 4.79 Å². The predicted molar refractivity (Wildman–Crippen MR) is 90.1 cm³/mol. The normalized spacial score (nSPS) is 18.4. The Kier molecular flexibility index (Phi) is 14.1. The summed E-state index contributed by atoms with van der Waals surface area (Å²) in [5.74, 6) is 0.751. The summed E-state index contributed by atoms with van der Waals surface area (Å²) in [6, 6.07) is 0. The van der Waals surface area contributed by atoms with Crippen molar-refractivity contribution in [2.24, 2.45) is 11.8 Å². The van der Waals surface area contributed by atoms with E-state index in [-0.39, 0.29) is 36.6 Å². The maximum atomic E-state index is 11.8. The van der Waals surface area contributed by atoms with Gasteiger partial charge in [0.2, 0.25) is 5.91 Å². The lowest BCUT2D eigenvalue weighted by Gasteiger charge is -2.29. The molecule has 1 aliphatic rings. The van der Waals surface area contributed by atoms with Crippen LogP contribution in [0.1, 0.15) is 33.1 Å². The number of rotatable bonds is 7. The molecule has 4 nitrogen and oxygen atoms in total. The van der Waals surface area contributed by atoms with Gasteiger partial charge < -0.3 is 15.5 Å². The van der Waals surface area contributed by atoms with Gasteiger partial charge in [-0.1, -0.05) is 20.3 Å². The van der Waals surface area contributed by atoms with Gasteiger partial charge in [0.25, 0.3) is 0 Å². The molecular formula is C14H31Cl2N3O. The molecule has 0 aliphatic carbocycles. The molecule has 0 radical (unpaired) electrons. The van der Waals surface area contributed by atoms with Gasteiger partial charge in [0.15, 0.2) is 0 Å². The lowest BCUT2D eigenvalue weighted by molar-refractivity contribution is -0.124. The zero-order valence-corrected chi connectivity index (χ0v) is 14.6. The van der Waals surface area contributed by atoms with Crippen LogP contribution in [-0.4, -0.2) is 50.6 Å². The summed E-state index contributed by atoms with van der Waals surface area (Å²) < 4.78 is 0. The molecule has 0 aromatic rings. The Bertz CT molecular complexity index is 249. The predicted octanol–water partition coefficient (Wildman–Crippen LogP) is 1.92. The maximum absolute atomic E-state index is 11.8. The Labute approximate surface area is 136 Å². The molecule has 0 spiro atoms. The number of nitrogens with zero attached hydrogens (tertiary/aromatic N) is 1. The molecule has 0 aromatic carbocycles. The number of hydrogen-bond donors (Lipinski definition) is 2. The largest absolute Gasteiger partial charge is 0.356 e. The van der Waals surface area contributed by atoms with Gasteiger partial charge >= 0.3 is 0 Å². The van der Waals surface area contributed by atoms with E-state index in [9.17, 15) is 4.79 Å². The van der Waals surface area contributed by atoms with Crippen molar-refractivity contribution in [1.29, 1.82) is 0 Å². The van der Waals surface area contributed by atoms with Crippen LogP contribution in [-0.2, 0) is 4.79 Å². The van der Waals surface area contributed by atoms with Gasteiger partial charge in [0.05, 0.1) is 0 Å². The minimum atomic E-state index is 0. The molecule has 0 bridgehead atoms. The Hall–Kier alpha value is -0.0300. The first-order chi connectivity index (χ1) is 8.63. The Morgan fingerprint density at radius 2 is 1.70 bits per heavy atom. The zero-order valence-electron chi connectivity index (χ0n) is 13.0. The standard InChI is InChI=1S/C14H29N3O.2ClH/c1-12(11-17-7-5-4-6-8-17)9-16-14(18)13(2)10-15-3;;/h12-13,15H,4-11H2,1-3H3,(H,16,18);2*1H. The van der Waals surface area contributed by atoms with E-state index in [1.54, 1.807) is 0 Å². The highest BCUT2D eigenvalue weighted by molar-refractivity contribution is 5.85. The van der Waals surface area contributed by atoms with E-state index in [1.165, 1.54) is 32.4 Å². The maximum Gasteiger partial charge on any atom is 0.224 e. The van der Waals surface area contributed by atoms with Crippen molar-refractivity contribution in [3.05, 3.63) is 0 Å². The fourth-order valence-electron chi connectivity index (χ4n) is 2.50. The van der Waals surface area contributed by atoms with E-state index in [0.29, 0.717) is 5.92 Å². The summed E-state index contributed by atoms with van der Waals surface area (Å²) in [4.78, 5) is 14.3. The molecule has 122 valence electrons. The molecule has 6 heteroatoms. The van der Waals surface area contributed by atoms with E-state index in [1.807, 2.05) is 14.0 Å². The van der Waals surface area contributed by atoms with Crippen LogP contribution in [0.3, 0.4) is 0 Å². The highest BCUT2D eigenvalue weighted by Gasteiger charge is 2.15. The van der Waals surface area contributed by atoms with Gasteiger partial charge in [0.1, 0.15) is 0 Å². The molecular weight excluding hydrogens is 297 g/mol. The third-order valence-corrected chi connectivity index (χ3v) is 3.60. The molecule has 20 heavy (non-hydrogen) atoms. The van der Waals surface area contributed by atoms with Crippen molar-refractivity contribution in [1.82, 2.24) is 15.5 Å². The van der Waals surface area contributed by atoms with Crippen molar-refractivity contribution >= 4 is 30.7 Å². The minimum absolute atomic E-state index is 0. The van der Waals surface area contributed by atoms with Crippen molar-refractivity contribution in [3.63, 3.8) is 0 Å². The van der Waals surface area contributed by atoms with Crippen molar-refractivity contribution in [2.45, 2.75) is 33.1 Å².